The minimum atomic E-state index is -0.697. The highest BCUT2D eigenvalue weighted by Gasteiger charge is 2.21. The first-order valence-corrected chi connectivity index (χ1v) is 5.73. The zero-order valence-corrected chi connectivity index (χ0v) is 11.1. The number of nitrogens with one attached hydrogen (secondary N) is 1. The summed E-state index contributed by atoms with van der Waals surface area (Å²) < 4.78 is 18.3. The van der Waals surface area contributed by atoms with Crippen LogP contribution in [0.5, 0.6) is 5.75 Å². The van der Waals surface area contributed by atoms with Crippen LogP contribution in [-0.4, -0.2) is 17.6 Å². The molecule has 0 aliphatic heterocycles. The van der Waals surface area contributed by atoms with Gasteiger partial charge in [-0.1, -0.05) is 0 Å². The van der Waals surface area contributed by atoms with Crippen molar-refractivity contribution in [1.82, 2.24) is 5.32 Å². The molecule has 100 valence electrons. The number of nitrogens with two attached hydrogens (primary N) is 1. The second kappa shape index (κ2) is 5.25. The van der Waals surface area contributed by atoms with E-state index in [0.717, 1.165) is 6.07 Å². The molecule has 1 rings (SSSR count). The van der Waals surface area contributed by atoms with E-state index in [9.17, 15) is 9.18 Å². The summed E-state index contributed by atoms with van der Waals surface area (Å²) in [6.07, 6.45) is -0.697. The maximum atomic E-state index is 12.9. The van der Waals surface area contributed by atoms with Crippen LogP contribution < -0.4 is 15.8 Å². The highest BCUT2D eigenvalue weighted by atomic mass is 19.1. The number of hydrogen-bond acceptors (Lipinski definition) is 3. The van der Waals surface area contributed by atoms with Crippen molar-refractivity contribution in [3.8, 4) is 5.75 Å². The number of ether oxygens (including phenoxy) is 1. The molecule has 0 saturated carbocycles. The van der Waals surface area contributed by atoms with Gasteiger partial charge in [0.05, 0.1) is 5.69 Å². The first-order chi connectivity index (χ1) is 8.19. The summed E-state index contributed by atoms with van der Waals surface area (Å²) in [5, 5.41) is 2.79. The molecule has 3 N–H and O–H groups in total. The Labute approximate surface area is 106 Å². The van der Waals surface area contributed by atoms with E-state index in [1.54, 1.807) is 6.92 Å². The summed E-state index contributed by atoms with van der Waals surface area (Å²) in [6, 6.07) is 3.80. The molecule has 0 heterocycles. The van der Waals surface area contributed by atoms with E-state index < -0.39 is 11.9 Å². The Balaban J connectivity index is 2.69. The molecular weight excluding hydrogens is 235 g/mol. The molecule has 0 aromatic heterocycles. The SMILES string of the molecule is CC(Oc1ccc(F)cc1N)C(=O)NC(C)(C)C. The standard InChI is InChI=1S/C13H19FN2O2/c1-8(12(17)16-13(2,3)4)18-11-6-5-9(14)7-10(11)15/h5-8H,15H2,1-4H3,(H,16,17). The zero-order chi connectivity index (χ0) is 13.9. The second-order valence-electron chi connectivity index (χ2n) is 5.18. The molecule has 0 fully saturated rings. The Morgan fingerprint density at radius 2 is 2.06 bits per heavy atom. The van der Waals surface area contributed by atoms with Crippen molar-refractivity contribution in [1.29, 1.82) is 0 Å². The summed E-state index contributed by atoms with van der Waals surface area (Å²) in [5.41, 5.74) is 5.44. The molecule has 1 aromatic carbocycles. The number of carbonyl (C=O) groups excluding carboxylic acids is 1. The molecule has 0 bridgehead atoms. The lowest BCUT2D eigenvalue weighted by Gasteiger charge is -2.23. The first kappa shape index (κ1) is 14.3. The molecule has 5 heteroatoms. The Bertz CT molecular complexity index is 441. The monoisotopic (exact) mass is 254 g/mol. The van der Waals surface area contributed by atoms with Gasteiger partial charge in [-0.2, -0.15) is 0 Å². The van der Waals surface area contributed by atoms with Gasteiger partial charge in [0, 0.05) is 11.6 Å². The van der Waals surface area contributed by atoms with Gasteiger partial charge in [0.2, 0.25) is 0 Å². The van der Waals surface area contributed by atoms with Gasteiger partial charge < -0.3 is 15.8 Å². The van der Waals surface area contributed by atoms with Gasteiger partial charge in [-0.3, -0.25) is 4.79 Å². The highest BCUT2D eigenvalue weighted by Crippen LogP contribution is 2.23. The quantitative estimate of drug-likeness (QED) is 0.812. The number of nitrogen functional groups attached to an aromatic ring is 1. The normalized spacial score (nSPS) is 12.9. The summed E-state index contributed by atoms with van der Waals surface area (Å²) in [5.74, 6) is -0.383. The molecule has 0 spiro atoms. The third kappa shape index (κ3) is 4.24. The Morgan fingerprint density at radius 3 is 2.56 bits per heavy atom. The van der Waals surface area contributed by atoms with E-state index in [1.807, 2.05) is 20.8 Å². The molecule has 0 aliphatic rings. The number of carbonyl (C=O) groups is 1. The van der Waals surface area contributed by atoms with Crippen LogP contribution in [0.25, 0.3) is 0 Å². The molecule has 1 amide bonds. The van der Waals surface area contributed by atoms with Crippen molar-refractivity contribution in [2.24, 2.45) is 0 Å². The smallest absolute Gasteiger partial charge is 0.261 e. The number of rotatable bonds is 3. The molecule has 1 aromatic rings. The third-order valence-corrected chi connectivity index (χ3v) is 2.14. The maximum absolute atomic E-state index is 12.9. The van der Waals surface area contributed by atoms with Crippen LogP contribution in [0.1, 0.15) is 27.7 Å². The van der Waals surface area contributed by atoms with E-state index in [0.29, 0.717) is 5.75 Å². The van der Waals surface area contributed by atoms with Crippen molar-refractivity contribution >= 4 is 11.6 Å². The first-order valence-electron chi connectivity index (χ1n) is 5.73. The van der Waals surface area contributed by atoms with E-state index in [2.05, 4.69) is 5.32 Å². The molecule has 0 aliphatic carbocycles. The molecule has 1 atom stereocenters. The summed E-state index contributed by atoms with van der Waals surface area (Å²) in [4.78, 5) is 11.8. The maximum Gasteiger partial charge on any atom is 0.261 e. The predicted octanol–water partition coefficient (Wildman–Crippen LogP) is 2.09. The summed E-state index contributed by atoms with van der Waals surface area (Å²) >= 11 is 0. The van der Waals surface area contributed by atoms with Crippen LogP contribution >= 0.6 is 0 Å². The molecule has 0 radical (unpaired) electrons. The number of benzene rings is 1. The van der Waals surface area contributed by atoms with Crippen LogP contribution in [0.15, 0.2) is 18.2 Å². The largest absolute Gasteiger partial charge is 0.479 e. The fraction of sp³-hybridized carbons (Fsp3) is 0.462. The third-order valence-electron chi connectivity index (χ3n) is 2.14. The van der Waals surface area contributed by atoms with Crippen LogP contribution in [0.2, 0.25) is 0 Å². The summed E-state index contributed by atoms with van der Waals surface area (Å²) in [6.45, 7) is 7.25. The lowest BCUT2D eigenvalue weighted by molar-refractivity contribution is -0.128. The van der Waals surface area contributed by atoms with E-state index >= 15 is 0 Å². The number of amides is 1. The van der Waals surface area contributed by atoms with Crippen LogP contribution in [0.4, 0.5) is 10.1 Å². The van der Waals surface area contributed by atoms with Gasteiger partial charge in [-0.25, -0.2) is 4.39 Å². The fourth-order valence-electron chi connectivity index (χ4n) is 1.34. The van der Waals surface area contributed by atoms with Gasteiger partial charge in [-0.05, 0) is 39.8 Å². The van der Waals surface area contributed by atoms with Gasteiger partial charge >= 0.3 is 0 Å². The Kier molecular flexibility index (Phi) is 4.16. The topological polar surface area (TPSA) is 64.3 Å². The van der Waals surface area contributed by atoms with E-state index in [4.69, 9.17) is 10.5 Å². The van der Waals surface area contributed by atoms with Crippen molar-refractivity contribution in [2.75, 3.05) is 5.73 Å². The van der Waals surface area contributed by atoms with Crippen LogP contribution in [-0.2, 0) is 4.79 Å². The number of hydrogen-bond donors (Lipinski definition) is 2. The van der Waals surface area contributed by atoms with Crippen molar-refractivity contribution in [3.05, 3.63) is 24.0 Å². The lowest BCUT2D eigenvalue weighted by atomic mass is 10.1. The van der Waals surface area contributed by atoms with E-state index in [-0.39, 0.29) is 17.1 Å². The minimum absolute atomic E-state index is 0.172. The van der Waals surface area contributed by atoms with Crippen molar-refractivity contribution < 1.29 is 13.9 Å². The van der Waals surface area contributed by atoms with Gasteiger partial charge in [-0.15, -0.1) is 0 Å². The van der Waals surface area contributed by atoms with Gasteiger partial charge in [0.1, 0.15) is 11.6 Å². The Morgan fingerprint density at radius 1 is 1.44 bits per heavy atom. The zero-order valence-electron chi connectivity index (χ0n) is 11.1. The molecule has 1 unspecified atom stereocenters. The van der Waals surface area contributed by atoms with Crippen LogP contribution in [0, 0.1) is 5.82 Å². The van der Waals surface area contributed by atoms with Crippen LogP contribution in [0.3, 0.4) is 0 Å². The second-order valence-corrected chi connectivity index (χ2v) is 5.18. The fourth-order valence-corrected chi connectivity index (χ4v) is 1.34. The van der Waals surface area contributed by atoms with Crippen molar-refractivity contribution in [3.63, 3.8) is 0 Å². The number of anilines is 1. The minimum Gasteiger partial charge on any atom is -0.479 e. The molecule has 18 heavy (non-hydrogen) atoms. The molecule has 4 nitrogen and oxygen atoms in total. The Hall–Kier alpha value is -1.78. The number of halogens is 1. The molecule has 0 saturated heterocycles. The average molecular weight is 254 g/mol. The van der Waals surface area contributed by atoms with Crippen molar-refractivity contribution in [2.45, 2.75) is 39.3 Å². The van der Waals surface area contributed by atoms with Gasteiger partial charge in [0.25, 0.3) is 5.91 Å². The highest BCUT2D eigenvalue weighted by molar-refractivity contribution is 5.81. The lowest BCUT2D eigenvalue weighted by Crippen LogP contribution is -2.46. The van der Waals surface area contributed by atoms with E-state index in [1.165, 1.54) is 12.1 Å². The molecular formula is C13H19FN2O2. The van der Waals surface area contributed by atoms with Gasteiger partial charge in [0.15, 0.2) is 6.10 Å². The summed E-state index contributed by atoms with van der Waals surface area (Å²) in [7, 11) is 0. The average Bonchev–Trinajstić information content (AvgIpc) is 2.19. The predicted molar refractivity (Wildman–Crippen MR) is 68.8 cm³/mol.